The fourth-order valence-corrected chi connectivity index (χ4v) is 5.81. The zero-order valence-electron chi connectivity index (χ0n) is 21.6. The number of aldehydes is 1. The minimum absolute atomic E-state index is 0.0950. The van der Waals surface area contributed by atoms with Gasteiger partial charge in [-0.25, -0.2) is 20.6 Å². The van der Waals surface area contributed by atoms with Gasteiger partial charge in [0.15, 0.2) is 5.13 Å². The first-order valence-corrected chi connectivity index (χ1v) is 13.7. The molecule has 3 N–H and O–H groups in total. The van der Waals surface area contributed by atoms with Crippen molar-refractivity contribution in [2.45, 2.75) is 77.8 Å². The van der Waals surface area contributed by atoms with Gasteiger partial charge < -0.3 is 9.69 Å². The minimum atomic E-state index is -0.952. The number of nitrogens with two attached hydrogens (primary N) is 1. The third-order valence-corrected chi connectivity index (χ3v) is 7.91. The van der Waals surface area contributed by atoms with E-state index >= 15 is 0 Å². The molecule has 11 nitrogen and oxygen atoms in total. The Morgan fingerprint density at radius 1 is 1.22 bits per heavy atom. The predicted molar refractivity (Wildman–Crippen MR) is 139 cm³/mol. The van der Waals surface area contributed by atoms with E-state index in [2.05, 4.69) is 28.7 Å². The zero-order valence-corrected chi connectivity index (χ0v) is 22.4. The van der Waals surface area contributed by atoms with Crippen molar-refractivity contribution in [3.05, 3.63) is 28.8 Å². The van der Waals surface area contributed by atoms with Crippen LogP contribution in [0.5, 0.6) is 0 Å². The number of rotatable bonds is 10. The van der Waals surface area contributed by atoms with E-state index in [9.17, 15) is 19.2 Å². The van der Waals surface area contributed by atoms with E-state index in [1.54, 1.807) is 5.38 Å². The van der Waals surface area contributed by atoms with E-state index in [0.717, 1.165) is 53.2 Å². The number of anilines is 1. The van der Waals surface area contributed by atoms with Crippen LogP contribution in [-0.4, -0.2) is 62.2 Å². The molecule has 0 bridgehead atoms. The van der Waals surface area contributed by atoms with Gasteiger partial charge >= 0.3 is 6.03 Å². The summed E-state index contributed by atoms with van der Waals surface area (Å²) in [6.45, 7) is 6.66. The number of thiazole rings is 1. The molecule has 1 atom stereocenters. The number of carbonyl (C=O) groups is 4. The lowest BCUT2D eigenvalue weighted by atomic mass is 10.1. The summed E-state index contributed by atoms with van der Waals surface area (Å²) in [5, 5.41) is 2.41. The van der Waals surface area contributed by atoms with Gasteiger partial charge in [-0.2, -0.15) is 0 Å². The number of aromatic nitrogens is 3. The minimum Gasteiger partial charge on any atom is -0.345 e. The number of nitrogen functional groups attached to an aromatic ring is 1. The molecule has 200 valence electrons. The third-order valence-electron chi connectivity index (χ3n) is 7.03. The second-order valence-corrected chi connectivity index (χ2v) is 11.2. The third kappa shape index (κ3) is 5.90. The molecule has 12 heteroatoms. The van der Waals surface area contributed by atoms with Gasteiger partial charge in [0, 0.05) is 18.0 Å². The molecule has 2 heterocycles. The fraction of sp³-hybridized carbons (Fsp3) is 0.600. The summed E-state index contributed by atoms with van der Waals surface area (Å²) in [5.41, 5.74) is 2.24. The number of amides is 3. The molecular formula is C25H35N7O4S. The second kappa shape index (κ2) is 11.5. The van der Waals surface area contributed by atoms with Crippen LogP contribution in [0.25, 0.3) is 0 Å². The number of carbonyl (C=O) groups excluding carboxylic acids is 4. The highest BCUT2D eigenvalue weighted by Gasteiger charge is 2.38. The van der Waals surface area contributed by atoms with Gasteiger partial charge in [-0.1, -0.05) is 39.5 Å². The van der Waals surface area contributed by atoms with Crippen molar-refractivity contribution < 1.29 is 19.2 Å². The summed E-state index contributed by atoms with van der Waals surface area (Å²) in [5.74, 6) is 4.54. The number of hydrogen-bond acceptors (Lipinski definition) is 9. The molecule has 3 amide bonds. The molecule has 2 aromatic heterocycles. The lowest BCUT2D eigenvalue weighted by Crippen LogP contribution is -2.46. The van der Waals surface area contributed by atoms with Crippen LogP contribution < -0.4 is 16.2 Å². The molecule has 0 radical (unpaired) electrons. The Hall–Kier alpha value is -3.12. The predicted octanol–water partition coefficient (Wildman–Crippen LogP) is 3.13. The van der Waals surface area contributed by atoms with Crippen LogP contribution >= 0.6 is 11.3 Å². The summed E-state index contributed by atoms with van der Waals surface area (Å²) in [4.78, 5) is 63.6. The molecular weight excluding hydrogens is 494 g/mol. The van der Waals surface area contributed by atoms with Crippen LogP contribution in [0.4, 0.5) is 9.93 Å². The van der Waals surface area contributed by atoms with E-state index in [0.29, 0.717) is 24.7 Å². The van der Waals surface area contributed by atoms with Crippen molar-refractivity contribution >= 4 is 40.6 Å². The maximum absolute atomic E-state index is 13.8. The maximum atomic E-state index is 13.8. The molecule has 2 fully saturated rings. The normalized spacial score (nSPS) is 16.6. The Kier molecular flexibility index (Phi) is 8.38. The first kappa shape index (κ1) is 26.9. The Balaban J connectivity index is 1.66. The molecule has 2 aliphatic carbocycles. The zero-order chi connectivity index (χ0) is 26.7. The lowest BCUT2D eigenvalue weighted by molar-refractivity contribution is -0.111. The van der Waals surface area contributed by atoms with E-state index in [1.165, 1.54) is 31.1 Å². The van der Waals surface area contributed by atoms with Crippen molar-refractivity contribution in [1.29, 1.82) is 0 Å². The van der Waals surface area contributed by atoms with Gasteiger partial charge in [-0.05, 0) is 38.0 Å². The largest absolute Gasteiger partial charge is 0.345 e. The molecule has 0 unspecified atom stereocenters. The van der Waals surface area contributed by atoms with Crippen LogP contribution in [0, 0.1) is 18.8 Å². The number of hydrogen-bond donors (Lipinski definition) is 2. The van der Waals surface area contributed by atoms with Gasteiger partial charge in [0.25, 0.3) is 11.8 Å². The van der Waals surface area contributed by atoms with Crippen molar-refractivity contribution in [3.63, 3.8) is 0 Å². The van der Waals surface area contributed by atoms with E-state index in [4.69, 9.17) is 5.84 Å². The van der Waals surface area contributed by atoms with Crippen molar-refractivity contribution in [2.24, 2.45) is 17.7 Å². The molecule has 0 spiro atoms. The maximum Gasteiger partial charge on any atom is 0.341 e. The molecule has 2 saturated carbocycles. The Labute approximate surface area is 220 Å². The Morgan fingerprint density at radius 2 is 1.92 bits per heavy atom. The second-order valence-electron chi connectivity index (χ2n) is 10.4. The van der Waals surface area contributed by atoms with Crippen LogP contribution in [0.3, 0.4) is 0 Å². The molecule has 0 aromatic carbocycles. The van der Waals surface area contributed by atoms with Gasteiger partial charge in [0.05, 0.1) is 11.7 Å². The first-order chi connectivity index (χ1) is 17.7. The van der Waals surface area contributed by atoms with Crippen LogP contribution in [-0.2, 0) is 4.79 Å². The SMILES string of the molecule is Cc1c(C(=O)N(C(=O)c2csc(N(CC(C)C)C3CCCC3)n2)[C@H](C=O)CC2CC2)ncn1C(=O)NN. The number of nitrogens with one attached hydrogen (secondary N) is 1. The molecule has 0 aliphatic heterocycles. The van der Waals surface area contributed by atoms with Crippen LogP contribution in [0.2, 0.25) is 0 Å². The van der Waals surface area contributed by atoms with Crippen LogP contribution in [0.15, 0.2) is 11.7 Å². The Bertz CT molecular complexity index is 1150. The molecule has 37 heavy (non-hydrogen) atoms. The topological polar surface area (TPSA) is 144 Å². The molecule has 2 aromatic rings. The van der Waals surface area contributed by atoms with E-state index in [1.807, 2.05) is 5.43 Å². The highest BCUT2D eigenvalue weighted by atomic mass is 32.1. The molecule has 0 saturated heterocycles. The highest BCUT2D eigenvalue weighted by Crippen LogP contribution is 2.36. The van der Waals surface area contributed by atoms with Gasteiger partial charge in [-0.15, -0.1) is 11.3 Å². The van der Waals surface area contributed by atoms with Crippen molar-refractivity contribution in [1.82, 2.24) is 24.9 Å². The number of hydrazine groups is 1. The van der Waals surface area contributed by atoms with Crippen molar-refractivity contribution in [3.8, 4) is 0 Å². The Morgan fingerprint density at radius 3 is 2.51 bits per heavy atom. The molecule has 4 rings (SSSR count). The summed E-state index contributed by atoms with van der Waals surface area (Å²) in [6.07, 6.45) is 8.64. The number of imidazole rings is 1. The highest BCUT2D eigenvalue weighted by molar-refractivity contribution is 7.14. The van der Waals surface area contributed by atoms with Gasteiger partial charge in [-0.3, -0.25) is 24.5 Å². The van der Waals surface area contributed by atoms with E-state index in [-0.39, 0.29) is 23.0 Å². The average Bonchev–Trinajstić information content (AvgIpc) is 3.26. The summed E-state index contributed by atoms with van der Waals surface area (Å²) >= 11 is 1.38. The average molecular weight is 530 g/mol. The number of nitrogens with zero attached hydrogens (tertiary/aromatic N) is 5. The monoisotopic (exact) mass is 529 g/mol. The summed E-state index contributed by atoms with van der Waals surface area (Å²) < 4.78 is 1.08. The fourth-order valence-electron chi connectivity index (χ4n) is 4.93. The molecule has 2 aliphatic rings. The number of imide groups is 1. The quantitative estimate of drug-likeness (QED) is 0.157. The summed E-state index contributed by atoms with van der Waals surface area (Å²) in [6, 6.07) is -1.24. The first-order valence-electron chi connectivity index (χ1n) is 12.8. The summed E-state index contributed by atoms with van der Waals surface area (Å²) in [7, 11) is 0. The van der Waals surface area contributed by atoms with Gasteiger partial charge in [0.2, 0.25) is 0 Å². The van der Waals surface area contributed by atoms with E-state index < -0.39 is 23.9 Å². The smallest absolute Gasteiger partial charge is 0.341 e. The standard InChI is InChI=1S/C25H35N7O4S/c1-15(2)11-30(18-6-4-5-7-18)25-28-20(13-37-25)22(34)32(19(12-33)10-17-8-9-17)23(35)21-16(3)31(14-27-21)24(36)29-26/h12-15,17-19H,4-11,26H2,1-3H3,(H,29,36)/t19-/m0/s1. The van der Waals surface area contributed by atoms with Crippen molar-refractivity contribution in [2.75, 3.05) is 11.4 Å². The van der Waals surface area contributed by atoms with Crippen LogP contribution in [0.1, 0.15) is 85.5 Å². The van der Waals surface area contributed by atoms with Gasteiger partial charge in [0.1, 0.15) is 24.0 Å². The lowest BCUT2D eigenvalue weighted by Gasteiger charge is -2.30.